The Morgan fingerprint density at radius 1 is 1.12 bits per heavy atom. The van der Waals surface area contributed by atoms with Crippen molar-refractivity contribution >= 4 is 27.6 Å². The Labute approximate surface area is 138 Å². The molecule has 5 nitrogen and oxygen atoms in total. The molecule has 0 saturated heterocycles. The molecule has 4 aromatic rings. The molecule has 0 aliphatic heterocycles. The largest absolute Gasteiger partial charge is 0.389 e. The third-order valence-electron chi connectivity index (χ3n) is 4.19. The number of aliphatic hydroxyl groups is 1. The number of H-pyrrole nitrogens is 1. The molecular weight excluding hydrogens is 302 g/mol. The summed E-state index contributed by atoms with van der Waals surface area (Å²) < 4.78 is 0. The normalized spacial score (nSPS) is 12.6. The Hall–Kier alpha value is -3.05. The number of carbonyl (C=O) groups is 1. The van der Waals surface area contributed by atoms with Crippen LogP contribution in [0.4, 0.5) is 0 Å². The number of benzene rings is 1. The SMILES string of the molecule is CC(O)c1cnccc1C(=O)c1nccc2c1[nH]c1ccccc12. The lowest BCUT2D eigenvalue weighted by molar-refractivity contribution is 0.102. The molecule has 4 rings (SSSR count). The van der Waals surface area contributed by atoms with Crippen molar-refractivity contribution in [2.45, 2.75) is 13.0 Å². The van der Waals surface area contributed by atoms with E-state index < -0.39 is 6.10 Å². The number of para-hydroxylation sites is 1. The molecule has 1 unspecified atom stereocenters. The molecule has 0 spiro atoms. The Balaban J connectivity index is 1.96. The summed E-state index contributed by atoms with van der Waals surface area (Å²) in [6, 6.07) is 11.4. The molecule has 24 heavy (non-hydrogen) atoms. The van der Waals surface area contributed by atoms with Crippen molar-refractivity contribution in [1.29, 1.82) is 0 Å². The molecule has 0 aliphatic rings. The van der Waals surface area contributed by atoms with E-state index in [1.807, 2.05) is 30.3 Å². The fourth-order valence-electron chi connectivity index (χ4n) is 3.02. The lowest BCUT2D eigenvalue weighted by Gasteiger charge is -2.10. The molecule has 2 N–H and O–H groups in total. The van der Waals surface area contributed by atoms with Gasteiger partial charge >= 0.3 is 0 Å². The number of hydrogen-bond acceptors (Lipinski definition) is 4. The molecular formula is C19H15N3O2. The zero-order valence-corrected chi connectivity index (χ0v) is 13.0. The smallest absolute Gasteiger partial charge is 0.213 e. The third kappa shape index (κ3) is 2.18. The lowest BCUT2D eigenvalue weighted by atomic mass is 9.99. The quantitative estimate of drug-likeness (QED) is 0.568. The number of carbonyl (C=O) groups excluding carboxylic acids is 1. The number of aromatic amines is 1. The highest BCUT2D eigenvalue weighted by Gasteiger charge is 2.21. The summed E-state index contributed by atoms with van der Waals surface area (Å²) in [6.45, 7) is 1.62. The summed E-state index contributed by atoms with van der Waals surface area (Å²) in [7, 11) is 0. The maximum absolute atomic E-state index is 13.0. The molecule has 0 radical (unpaired) electrons. The van der Waals surface area contributed by atoms with Gasteiger partial charge in [0.2, 0.25) is 5.78 Å². The van der Waals surface area contributed by atoms with E-state index in [0.29, 0.717) is 22.3 Å². The van der Waals surface area contributed by atoms with Gasteiger partial charge < -0.3 is 10.1 Å². The van der Waals surface area contributed by atoms with Crippen LogP contribution in [0.1, 0.15) is 34.6 Å². The highest BCUT2D eigenvalue weighted by Crippen LogP contribution is 2.28. The molecule has 3 heterocycles. The van der Waals surface area contributed by atoms with Crippen molar-refractivity contribution in [2.24, 2.45) is 0 Å². The van der Waals surface area contributed by atoms with Crippen molar-refractivity contribution in [2.75, 3.05) is 0 Å². The molecule has 0 bridgehead atoms. The first kappa shape index (κ1) is 14.5. The van der Waals surface area contributed by atoms with Gasteiger partial charge in [0.15, 0.2) is 0 Å². The van der Waals surface area contributed by atoms with E-state index in [1.54, 1.807) is 25.4 Å². The Bertz CT molecular complexity index is 1070. The fourth-order valence-corrected chi connectivity index (χ4v) is 3.02. The zero-order valence-electron chi connectivity index (χ0n) is 13.0. The van der Waals surface area contributed by atoms with Crippen molar-refractivity contribution in [3.63, 3.8) is 0 Å². The third-order valence-corrected chi connectivity index (χ3v) is 4.19. The second-order valence-electron chi connectivity index (χ2n) is 5.72. The minimum Gasteiger partial charge on any atom is -0.389 e. The second kappa shape index (κ2) is 5.54. The van der Waals surface area contributed by atoms with Gasteiger partial charge in [0.1, 0.15) is 5.69 Å². The van der Waals surface area contributed by atoms with Crippen molar-refractivity contribution < 1.29 is 9.90 Å². The van der Waals surface area contributed by atoms with Gasteiger partial charge in [-0.15, -0.1) is 0 Å². The monoisotopic (exact) mass is 317 g/mol. The van der Waals surface area contributed by atoms with E-state index in [2.05, 4.69) is 15.0 Å². The first-order valence-electron chi connectivity index (χ1n) is 7.69. The van der Waals surface area contributed by atoms with Crippen LogP contribution in [0, 0.1) is 0 Å². The average molecular weight is 317 g/mol. The Morgan fingerprint density at radius 2 is 1.96 bits per heavy atom. The predicted molar refractivity (Wildman–Crippen MR) is 91.9 cm³/mol. The van der Waals surface area contributed by atoms with Gasteiger partial charge in [0.05, 0.1) is 11.6 Å². The van der Waals surface area contributed by atoms with E-state index in [9.17, 15) is 9.90 Å². The van der Waals surface area contributed by atoms with E-state index in [-0.39, 0.29) is 5.78 Å². The van der Waals surface area contributed by atoms with Crippen molar-refractivity contribution in [3.8, 4) is 0 Å². The van der Waals surface area contributed by atoms with E-state index in [1.165, 1.54) is 6.20 Å². The molecule has 0 saturated carbocycles. The van der Waals surface area contributed by atoms with Gasteiger partial charge in [-0.3, -0.25) is 14.8 Å². The van der Waals surface area contributed by atoms with Crippen LogP contribution in [-0.2, 0) is 0 Å². The van der Waals surface area contributed by atoms with Crippen LogP contribution < -0.4 is 0 Å². The van der Waals surface area contributed by atoms with Crippen LogP contribution in [0.5, 0.6) is 0 Å². The summed E-state index contributed by atoms with van der Waals surface area (Å²) in [5.74, 6) is -0.231. The van der Waals surface area contributed by atoms with Crippen LogP contribution >= 0.6 is 0 Å². The number of ketones is 1. The van der Waals surface area contributed by atoms with Crippen LogP contribution in [0.25, 0.3) is 21.8 Å². The zero-order chi connectivity index (χ0) is 16.7. The standard InChI is InChI=1S/C19H15N3O2/c1-11(23)15-10-20-8-6-14(15)19(24)18-17-13(7-9-21-18)12-4-2-3-5-16(12)22-17/h2-11,22-23H,1H3. The highest BCUT2D eigenvalue weighted by atomic mass is 16.3. The number of hydrogen-bond donors (Lipinski definition) is 2. The minimum absolute atomic E-state index is 0.231. The Kier molecular flexibility index (Phi) is 3.36. The number of fused-ring (bicyclic) bond motifs is 3. The summed E-state index contributed by atoms with van der Waals surface area (Å²) in [4.78, 5) is 24.6. The fraction of sp³-hybridized carbons (Fsp3) is 0.105. The molecule has 0 amide bonds. The number of rotatable bonds is 3. The number of nitrogens with zero attached hydrogens (tertiary/aromatic N) is 2. The topological polar surface area (TPSA) is 78.9 Å². The van der Waals surface area contributed by atoms with Crippen LogP contribution in [-0.4, -0.2) is 25.8 Å². The van der Waals surface area contributed by atoms with Gasteiger partial charge in [0, 0.05) is 46.0 Å². The van der Waals surface area contributed by atoms with Crippen molar-refractivity contribution in [3.05, 3.63) is 71.8 Å². The number of nitrogens with one attached hydrogen (secondary N) is 1. The van der Waals surface area contributed by atoms with Gasteiger partial charge in [-0.2, -0.15) is 0 Å². The molecule has 0 fully saturated rings. The highest BCUT2D eigenvalue weighted by molar-refractivity contribution is 6.19. The van der Waals surface area contributed by atoms with Crippen LogP contribution in [0.15, 0.2) is 55.0 Å². The maximum Gasteiger partial charge on any atom is 0.213 e. The van der Waals surface area contributed by atoms with E-state index >= 15 is 0 Å². The van der Waals surface area contributed by atoms with Crippen LogP contribution in [0.3, 0.4) is 0 Å². The van der Waals surface area contributed by atoms with Crippen molar-refractivity contribution in [1.82, 2.24) is 15.0 Å². The van der Waals surface area contributed by atoms with Gasteiger partial charge in [-0.25, -0.2) is 0 Å². The molecule has 0 aliphatic carbocycles. The predicted octanol–water partition coefficient (Wildman–Crippen LogP) is 3.40. The molecule has 1 atom stereocenters. The van der Waals surface area contributed by atoms with Gasteiger partial charge in [-0.05, 0) is 25.1 Å². The summed E-state index contributed by atoms with van der Waals surface area (Å²) in [5.41, 5.74) is 2.92. The van der Waals surface area contributed by atoms with Gasteiger partial charge in [-0.1, -0.05) is 18.2 Å². The summed E-state index contributed by atoms with van der Waals surface area (Å²) in [5, 5.41) is 11.9. The Morgan fingerprint density at radius 3 is 2.79 bits per heavy atom. The lowest BCUT2D eigenvalue weighted by Crippen LogP contribution is -2.10. The molecule has 1 aromatic carbocycles. The second-order valence-corrected chi connectivity index (χ2v) is 5.72. The summed E-state index contributed by atoms with van der Waals surface area (Å²) in [6.07, 6.45) is 3.92. The maximum atomic E-state index is 13.0. The number of pyridine rings is 2. The first-order chi connectivity index (χ1) is 11.7. The molecule has 118 valence electrons. The average Bonchev–Trinajstić information content (AvgIpc) is 3.00. The minimum atomic E-state index is -0.778. The molecule has 5 heteroatoms. The molecule has 3 aromatic heterocycles. The first-order valence-corrected chi connectivity index (χ1v) is 7.69. The van der Waals surface area contributed by atoms with E-state index in [0.717, 1.165) is 16.3 Å². The van der Waals surface area contributed by atoms with E-state index in [4.69, 9.17) is 0 Å². The van der Waals surface area contributed by atoms with Gasteiger partial charge in [0.25, 0.3) is 0 Å². The van der Waals surface area contributed by atoms with Crippen LogP contribution in [0.2, 0.25) is 0 Å². The number of aromatic nitrogens is 3. The summed E-state index contributed by atoms with van der Waals surface area (Å²) >= 11 is 0. The number of aliphatic hydroxyl groups excluding tert-OH is 1.